The van der Waals surface area contributed by atoms with Gasteiger partial charge in [0.25, 0.3) is 0 Å². The van der Waals surface area contributed by atoms with Crippen LogP contribution >= 0.6 is 0 Å². The van der Waals surface area contributed by atoms with Gasteiger partial charge in [0.05, 0.1) is 85.9 Å². The monoisotopic (exact) mass is 1700 g/mol. The molecule has 13 rings (SSSR count). The van der Waals surface area contributed by atoms with E-state index in [1.807, 2.05) is 273 Å². The topological polar surface area (TPSA) is 347 Å². The number of hydrogen-bond donors (Lipinski definition) is 4. The summed E-state index contributed by atoms with van der Waals surface area (Å²) in [6, 6.07) is 78.6. The molecule has 3 amide bonds. The van der Waals surface area contributed by atoms with Crippen LogP contribution < -0.4 is 16.0 Å². The van der Waals surface area contributed by atoms with Gasteiger partial charge in [0.15, 0.2) is 25.2 Å². The van der Waals surface area contributed by atoms with E-state index in [4.69, 9.17) is 80.0 Å². The van der Waals surface area contributed by atoms with E-state index in [1.54, 1.807) is 0 Å². The third kappa shape index (κ3) is 27.2. The van der Waals surface area contributed by atoms with Gasteiger partial charge in [-0.05, 0) is 55.6 Å². The van der Waals surface area contributed by atoms with Gasteiger partial charge in [-0.15, -0.1) is 0 Å². The lowest BCUT2D eigenvalue weighted by atomic mass is 9.92. The van der Waals surface area contributed by atoms with Crippen LogP contribution in [0.5, 0.6) is 0 Å². The molecule has 4 fully saturated rings. The fourth-order valence-corrected chi connectivity index (χ4v) is 15.6. The Kier molecular flexibility index (Phi) is 34.3. The minimum Gasteiger partial charge on any atom is -0.374 e. The van der Waals surface area contributed by atoms with Crippen LogP contribution in [0.25, 0.3) is 10.4 Å². The summed E-state index contributed by atoms with van der Waals surface area (Å²) in [6.45, 7) is 2.11. The maximum atomic E-state index is 14.5. The molecule has 4 aliphatic rings. The Morgan fingerprint density at radius 3 is 0.854 bits per heavy atom. The standard InChI is InChI=1S/C93H104N6O23S/c1-62(100)95-78-86(110-53-69-39-21-8-22-40-69)85(77(61-115-123(103,104)105)116-90(78)114-57-73-47-29-12-30-48-73)121-92-79(96-63(2)101)87(111-54-70-41-23-9-24-42-70)83(75(118-92)59-107-50-66-33-15-5-16-34-66)120-91-80(97-64(3)102)88(112-55-71-43-25-10-26-44-71)84(76(119-91)60-108-51-67-35-17-6-18-36-67)122-93-81(98-99-94)89(113-56-72-45-27-11-28-46-72)82(109-52-68-37-19-7-20-38-68)74(117-93)58-106-49-65-31-13-4-14-32-65/h4-48,74-93H,49-61H2,1-3H3,(H,95,100)(H,96,101)(H,97,102)(H,103,104,105)/t74-,75-,76-,77-,78-,79-,80-,81-,82-,83-,84-,85-,86-,87-,88-,89-,90-,91+,92+,93+/m1/s1. The lowest BCUT2D eigenvalue weighted by Gasteiger charge is -2.52. The molecule has 4 aliphatic heterocycles. The second-order valence-electron chi connectivity index (χ2n) is 30.2. The summed E-state index contributed by atoms with van der Waals surface area (Å²) in [5.74, 6) is -1.75. The normalized spacial score (nSPS) is 26.4. The Balaban J connectivity index is 0.931. The Morgan fingerprint density at radius 2 is 0.561 bits per heavy atom. The van der Waals surface area contributed by atoms with Crippen molar-refractivity contribution in [1.82, 2.24) is 16.0 Å². The van der Waals surface area contributed by atoms with E-state index in [0.29, 0.717) is 22.3 Å². The number of hydrogen-bond acceptors (Lipinski definition) is 23. The predicted octanol–water partition coefficient (Wildman–Crippen LogP) is 11.8. The number of amides is 3. The van der Waals surface area contributed by atoms with Crippen LogP contribution in [0, 0.1) is 0 Å². The molecule has 0 bridgehead atoms. The Hall–Kier alpha value is -10.1. The van der Waals surface area contributed by atoms with Gasteiger partial charge in [0.1, 0.15) is 97.4 Å². The lowest BCUT2D eigenvalue weighted by molar-refractivity contribution is -0.370. The van der Waals surface area contributed by atoms with E-state index >= 15 is 0 Å². The second kappa shape index (κ2) is 46.6. The van der Waals surface area contributed by atoms with Crippen LogP contribution in [0.1, 0.15) is 70.8 Å². The molecule has 0 aromatic heterocycles. The Labute approximate surface area is 715 Å². The first-order valence-electron chi connectivity index (χ1n) is 40.9. The number of nitrogens with zero attached hydrogens (tertiary/aromatic N) is 3. The van der Waals surface area contributed by atoms with Gasteiger partial charge in [-0.3, -0.25) is 18.9 Å². The van der Waals surface area contributed by atoms with Gasteiger partial charge in [-0.2, -0.15) is 8.42 Å². The maximum Gasteiger partial charge on any atom is 0.397 e. The Morgan fingerprint density at radius 1 is 0.325 bits per heavy atom. The fourth-order valence-electron chi connectivity index (χ4n) is 15.3. The highest BCUT2D eigenvalue weighted by Gasteiger charge is 2.59. The number of ether oxygens (including phenoxy) is 16. The molecule has 9 aromatic carbocycles. The molecule has 0 spiro atoms. The third-order valence-corrected chi connectivity index (χ3v) is 21.4. The molecule has 29 nitrogen and oxygen atoms in total. The number of benzene rings is 9. The maximum absolute atomic E-state index is 14.5. The van der Waals surface area contributed by atoms with E-state index < -0.39 is 157 Å². The first kappa shape index (κ1) is 90.7. The molecule has 30 heteroatoms. The average molecular weight is 1710 g/mol. The highest BCUT2D eigenvalue weighted by Crippen LogP contribution is 2.40. The van der Waals surface area contributed by atoms with Gasteiger partial charge in [-0.25, -0.2) is 4.18 Å². The minimum absolute atomic E-state index is 0.00904. The molecular formula is C93H104N6O23S. The number of azide groups is 1. The number of carbonyl (C=O) groups is 3. The van der Waals surface area contributed by atoms with Crippen LogP contribution in [0.2, 0.25) is 0 Å². The lowest BCUT2D eigenvalue weighted by Crippen LogP contribution is -2.72. The average Bonchev–Trinajstić information content (AvgIpc) is 0.759. The van der Waals surface area contributed by atoms with E-state index in [0.717, 1.165) is 27.8 Å². The zero-order valence-electron chi connectivity index (χ0n) is 68.4. The molecule has 20 atom stereocenters. The van der Waals surface area contributed by atoms with Crippen molar-refractivity contribution in [3.05, 3.63) is 334 Å². The number of rotatable bonds is 43. The quantitative estimate of drug-likeness (QED) is 0.0119. The third-order valence-electron chi connectivity index (χ3n) is 21.0. The first-order valence-corrected chi connectivity index (χ1v) is 42.2. The summed E-state index contributed by atoms with van der Waals surface area (Å²) < 4.78 is 154. The van der Waals surface area contributed by atoms with Crippen molar-refractivity contribution in [2.45, 2.75) is 203 Å². The molecule has 123 heavy (non-hydrogen) atoms. The predicted molar refractivity (Wildman–Crippen MR) is 447 cm³/mol. The van der Waals surface area contributed by atoms with Crippen LogP contribution in [0.4, 0.5) is 0 Å². The highest BCUT2D eigenvalue weighted by atomic mass is 32.3. The van der Waals surface area contributed by atoms with Crippen LogP contribution in [-0.2, 0) is 164 Å². The minimum atomic E-state index is -5.23. The summed E-state index contributed by atoms with van der Waals surface area (Å²) in [7, 11) is -5.23. The largest absolute Gasteiger partial charge is 0.397 e. The molecule has 4 heterocycles. The van der Waals surface area contributed by atoms with Crippen molar-refractivity contribution < 1.29 is 107 Å². The molecule has 0 aliphatic carbocycles. The van der Waals surface area contributed by atoms with Crippen molar-refractivity contribution in [3.63, 3.8) is 0 Å². The van der Waals surface area contributed by atoms with Crippen LogP contribution in [-0.4, -0.2) is 180 Å². The molecule has 4 N–H and O–H groups in total. The van der Waals surface area contributed by atoms with Crippen LogP contribution in [0.3, 0.4) is 0 Å². The summed E-state index contributed by atoms with van der Waals surface area (Å²) in [5.41, 5.74) is 17.7. The number of carbonyl (C=O) groups excluding carboxylic acids is 3. The van der Waals surface area contributed by atoms with Crippen LogP contribution in [0.15, 0.2) is 278 Å². The highest BCUT2D eigenvalue weighted by molar-refractivity contribution is 7.80. The summed E-state index contributed by atoms with van der Waals surface area (Å²) in [4.78, 5) is 46.1. The summed E-state index contributed by atoms with van der Waals surface area (Å²) >= 11 is 0. The van der Waals surface area contributed by atoms with E-state index in [1.165, 1.54) is 20.8 Å². The van der Waals surface area contributed by atoms with Crippen molar-refractivity contribution in [3.8, 4) is 0 Å². The fraction of sp³-hybridized carbons (Fsp3) is 0.387. The van der Waals surface area contributed by atoms with Crippen molar-refractivity contribution >= 4 is 28.1 Å². The van der Waals surface area contributed by atoms with Gasteiger partial charge >= 0.3 is 10.4 Å². The molecule has 9 aromatic rings. The van der Waals surface area contributed by atoms with E-state index in [2.05, 4.69) is 26.0 Å². The van der Waals surface area contributed by atoms with Gasteiger partial charge in [0, 0.05) is 25.7 Å². The van der Waals surface area contributed by atoms with E-state index in [9.17, 15) is 32.9 Å². The Bertz CT molecular complexity index is 4810. The summed E-state index contributed by atoms with van der Waals surface area (Å²) in [6.07, 6.45) is -22.4. The SMILES string of the molecule is CC(=O)N[C@H]1[C@H](O[C@H]2[C@H](OCc3ccccc3)[C@@H](NC(C)=O)[C@H](O[C@H]3[C@H](OCc4ccccc4)[C@@H](NC(C)=O)[C@H](OCc4ccccc4)O[C@@H]3COS(=O)(=O)O)O[C@@H]2COCc2ccccc2)O[C@H](COCc2ccccc2)[C@@H](O[C@@H]2O[C@H](COCc3ccccc3)[C@@H](OCc3ccccc3)[C@H](OCc3ccccc3)[C@H]2N=[N+]=[N-])[C@@H]1OCc1ccccc1. The molecule has 650 valence electrons. The molecule has 0 radical (unpaired) electrons. The van der Waals surface area contributed by atoms with Gasteiger partial charge in [-0.1, -0.05) is 278 Å². The smallest absolute Gasteiger partial charge is 0.374 e. The van der Waals surface area contributed by atoms with E-state index in [-0.39, 0.29) is 79.3 Å². The van der Waals surface area contributed by atoms with Crippen molar-refractivity contribution in [1.29, 1.82) is 0 Å². The summed E-state index contributed by atoms with van der Waals surface area (Å²) in [5, 5.41) is 13.6. The zero-order chi connectivity index (χ0) is 85.5. The number of nitrogens with one attached hydrogen (secondary N) is 3. The molecule has 4 saturated heterocycles. The zero-order valence-corrected chi connectivity index (χ0v) is 69.2. The molecule has 0 unspecified atom stereocenters. The van der Waals surface area contributed by atoms with Gasteiger partial charge < -0.3 is 91.7 Å². The molecular weight excluding hydrogens is 1600 g/mol. The van der Waals surface area contributed by atoms with Crippen molar-refractivity contribution in [2.75, 3.05) is 26.4 Å². The second-order valence-corrected chi connectivity index (χ2v) is 31.3. The van der Waals surface area contributed by atoms with Gasteiger partial charge in [0.2, 0.25) is 17.7 Å². The first-order chi connectivity index (χ1) is 60.0. The van der Waals surface area contributed by atoms with Crippen molar-refractivity contribution in [2.24, 2.45) is 5.11 Å². The molecule has 0 saturated carbocycles.